The van der Waals surface area contributed by atoms with Crippen molar-refractivity contribution in [3.05, 3.63) is 0 Å². The van der Waals surface area contributed by atoms with E-state index in [1.165, 1.54) is 38.5 Å². The predicted octanol–water partition coefficient (Wildman–Crippen LogP) is 4.11. The number of nitrogens with two attached hydrogens (primary N) is 1. The van der Waals surface area contributed by atoms with Crippen LogP contribution in [0.3, 0.4) is 0 Å². The smallest absolute Gasteiger partial charge is 0.00201 e. The molecule has 18 heavy (non-hydrogen) atoms. The average Bonchev–Trinajstić information content (AvgIpc) is 2.38. The zero-order valence-electron chi connectivity index (χ0n) is 11.8. The van der Waals surface area contributed by atoms with Gasteiger partial charge < -0.3 is 5.73 Å². The molecule has 5 aliphatic carbocycles. The molecule has 5 saturated carbocycles. The van der Waals surface area contributed by atoms with Gasteiger partial charge >= 0.3 is 0 Å². The summed E-state index contributed by atoms with van der Waals surface area (Å²) in [5, 5.41) is 0. The first-order chi connectivity index (χ1) is 8.74. The molecule has 2 N–H and O–H groups in total. The topological polar surface area (TPSA) is 26.0 Å². The second-order valence-electron chi connectivity index (χ2n) is 8.36. The maximum atomic E-state index is 6.22. The van der Waals surface area contributed by atoms with E-state index in [4.69, 9.17) is 5.73 Å². The Morgan fingerprint density at radius 3 is 2.17 bits per heavy atom. The molecule has 5 rings (SSSR count). The van der Waals surface area contributed by atoms with Crippen molar-refractivity contribution in [2.24, 2.45) is 34.3 Å². The van der Waals surface area contributed by atoms with Crippen molar-refractivity contribution < 1.29 is 0 Å². The lowest BCUT2D eigenvalue weighted by molar-refractivity contribution is -0.138. The van der Waals surface area contributed by atoms with Gasteiger partial charge in [-0.1, -0.05) is 19.3 Å². The summed E-state index contributed by atoms with van der Waals surface area (Å²) in [5.74, 6) is 3.18. The molecule has 0 spiro atoms. The second kappa shape index (κ2) is 3.98. The molecule has 4 bridgehead atoms. The molecule has 2 unspecified atom stereocenters. The molecule has 0 aromatic heterocycles. The SMILES string of the molecule is NCC12CC3CC(C1)CC(C1CCCCC1)(C3)C2. The summed E-state index contributed by atoms with van der Waals surface area (Å²) < 4.78 is 0. The van der Waals surface area contributed by atoms with Gasteiger partial charge in [0.1, 0.15) is 0 Å². The van der Waals surface area contributed by atoms with Crippen LogP contribution in [0.2, 0.25) is 0 Å². The van der Waals surface area contributed by atoms with Crippen LogP contribution in [0.25, 0.3) is 0 Å². The van der Waals surface area contributed by atoms with E-state index in [1.54, 1.807) is 32.1 Å². The lowest BCUT2D eigenvalue weighted by atomic mass is 9.41. The Kier molecular flexibility index (Phi) is 2.60. The molecule has 0 radical (unpaired) electrons. The van der Waals surface area contributed by atoms with Crippen molar-refractivity contribution in [3.63, 3.8) is 0 Å². The highest BCUT2D eigenvalue weighted by molar-refractivity contribution is 5.09. The molecule has 1 heteroatoms. The van der Waals surface area contributed by atoms with Crippen LogP contribution in [0.1, 0.15) is 70.6 Å². The molecule has 0 saturated heterocycles. The molecule has 0 aliphatic heterocycles. The fraction of sp³-hybridized carbons (Fsp3) is 1.00. The number of hydrogen-bond acceptors (Lipinski definition) is 1. The Balaban J connectivity index is 1.64. The minimum Gasteiger partial charge on any atom is -0.330 e. The van der Waals surface area contributed by atoms with Crippen LogP contribution in [-0.4, -0.2) is 6.54 Å². The first-order valence-corrected chi connectivity index (χ1v) is 8.44. The Hall–Kier alpha value is -0.0400. The third kappa shape index (κ3) is 1.62. The molecule has 0 amide bonds. The van der Waals surface area contributed by atoms with Crippen molar-refractivity contribution >= 4 is 0 Å². The first-order valence-electron chi connectivity index (χ1n) is 8.44. The Morgan fingerprint density at radius 2 is 1.56 bits per heavy atom. The molecular formula is C17H29N. The third-order valence-electron chi connectivity index (χ3n) is 7.13. The Bertz CT molecular complexity index is 315. The van der Waals surface area contributed by atoms with Crippen molar-refractivity contribution in [2.75, 3.05) is 6.54 Å². The van der Waals surface area contributed by atoms with E-state index in [0.717, 1.165) is 29.7 Å². The fourth-order valence-corrected chi connectivity index (χ4v) is 6.96. The Morgan fingerprint density at radius 1 is 0.889 bits per heavy atom. The van der Waals surface area contributed by atoms with Crippen molar-refractivity contribution in [3.8, 4) is 0 Å². The highest BCUT2D eigenvalue weighted by Gasteiger charge is 2.59. The molecule has 1 nitrogen and oxygen atoms in total. The van der Waals surface area contributed by atoms with Crippen LogP contribution in [0.4, 0.5) is 0 Å². The maximum Gasteiger partial charge on any atom is -0.00201 e. The van der Waals surface area contributed by atoms with Crippen LogP contribution >= 0.6 is 0 Å². The Labute approximate surface area is 112 Å². The lowest BCUT2D eigenvalue weighted by Crippen LogP contribution is -2.57. The van der Waals surface area contributed by atoms with E-state index in [0.29, 0.717) is 5.41 Å². The third-order valence-corrected chi connectivity index (χ3v) is 7.13. The van der Waals surface area contributed by atoms with E-state index in [2.05, 4.69) is 0 Å². The van der Waals surface area contributed by atoms with Crippen LogP contribution in [-0.2, 0) is 0 Å². The van der Waals surface area contributed by atoms with Crippen molar-refractivity contribution in [2.45, 2.75) is 70.6 Å². The van der Waals surface area contributed by atoms with Gasteiger partial charge in [-0.3, -0.25) is 0 Å². The molecule has 5 fully saturated rings. The highest BCUT2D eigenvalue weighted by atomic mass is 14.7. The van der Waals surface area contributed by atoms with Gasteiger partial charge in [0.15, 0.2) is 0 Å². The van der Waals surface area contributed by atoms with Gasteiger partial charge in [-0.05, 0) is 86.5 Å². The van der Waals surface area contributed by atoms with Gasteiger partial charge in [0.05, 0.1) is 0 Å². The van der Waals surface area contributed by atoms with E-state index in [9.17, 15) is 0 Å². The summed E-state index contributed by atoms with van der Waals surface area (Å²) in [4.78, 5) is 0. The van der Waals surface area contributed by atoms with E-state index < -0.39 is 0 Å². The second-order valence-corrected chi connectivity index (χ2v) is 8.36. The van der Waals surface area contributed by atoms with E-state index >= 15 is 0 Å². The summed E-state index contributed by atoms with van der Waals surface area (Å²) in [6.07, 6.45) is 16.8. The van der Waals surface area contributed by atoms with Crippen molar-refractivity contribution in [1.82, 2.24) is 0 Å². The maximum absolute atomic E-state index is 6.22. The van der Waals surface area contributed by atoms with Gasteiger partial charge in [-0.25, -0.2) is 0 Å². The van der Waals surface area contributed by atoms with E-state index in [1.807, 2.05) is 0 Å². The van der Waals surface area contributed by atoms with E-state index in [-0.39, 0.29) is 0 Å². The summed E-state index contributed by atoms with van der Waals surface area (Å²) in [7, 11) is 0. The number of rotatable bonds is 2. The predicted molar refractivity (Wildman–Crippen MR) is 75.2 cm³/mol. The first kappa shape index (κ1) is 11.8. The van der Waals surface area contributed by atoms with Crippen LogP contribution in [0.5, 0.6) is 0 Å². The summed E-state index contributed by atoms with van der Waals surface area (Å²) >= 11 is 0. The van der Waals surface area contributed by atoms with Gasteiger partial charge in [-0.15, -0.1) is 0 Å². The van der Waals surface area contributed by atoms with Crippen LogP contribution in [0.15, 0.2) is 0 Å². The molecule has 0 aromatic carbocycles. The quantitative estimate of drug-likeness (QED) is 0.780. The minimum absolute atomic E-state index is 0.585. The highest BCUT2D eigenvalue weighted by Crippen LogP contribution is 2.68. The molecule has 102 valence electrons. The normalized spacial score (nSPS) is 51.8. The zero-order chi connectivity index (χ0) is 12.2. The fourth-order valence-electron chi connectivity index (χ4n) is 6.96. The zero-order valence-corrected chi connectivity index (χ0v) is 11.8. The summed E-state index contributed by atoms with van der Waals surface area (Å²) in [6.45, 7) is 0.981. The molecular weight excluding hydrogens is 218 g/mol. The molecule has 0 heterocycles. The standard InChI is InChI=1S/C17H29N/c18-12-16-7-13-6-14(8-16)10-17(9-13,11-16)15-4-2-1-3-5-15/h13-15H,1-12,18H2. The van der Waals surface area contributed by atoms with Crippen molar-refractivity contribution in [1.29, 1.82) is 0 Å². The minimum atomic E-state index is 0.585. The van der Waals surface area contributed by atoms with Gasteiger partial charge in [-0.2, -0.15) is 0 Å². The molecule has 2 atom stereocenters. The van der Waals surface area contributed by atoms with Crippen LogP contribution < -0.4 is 5.73 Å². The largest absolute Gasteiger partial charge is 0.330 e. The monoisotopic (exact) mass is 247 g/mol. The average molecular weight is 247 g/mol. The van der Waals surface area contributed by atoms with Gasteiger partial charge in [0.25, 0.3) is 0 Å². The molecule has 5 aliphatic rings. The van der Waals surface area contributed by atoms with Gasteiger partial charge in [0.2, 0.25) is 0 Å². The summed E-state index contributed by atoms with van der Waals surface area (Å²) in [6, 6.07) is 0. The summed E-state index contributed by atoms with van der Waals surface area (Å²) in [5.41, 5.74) is 7.55. The van der Waals surface area contributed by atoms with Crippen LogP contribution in [0, 0.1) is 28.6 Å². The van der Waals surface area contributed by atoms with Gasteiger partial charge in [0, 0.05) is 0 Å². The molecule has 0 aromatic rings. The lowest BCUT2D eigenvalue weighted by Gasteiger charge is -2.64. The number of hydrogen-bond donors (Lipinski definition) is 1.